The Morgan fingerprint density at radius 2 is 1.15 bits per heavy atom. The van der Waals surface area contributed by atoms with Gasteiger partial charge >= 0.3 is 0 Å². The highest BCUT2D eigenvalue weighted by molar-refractivity contribution is 6.11. The van der Waals surface area contributed by atoms with Crippen molar-refractivity contribution in [1.29, 1.82) is 0 Å². The standard InChI is InChI=1S/C21H31BF4/c22-16-8-5-13(6-9-16)12-1-3-14(4-2-12)17-11-15-7-10-18(23)20(24)19(15)21(17,25)26/h12-20H,1-11H2. The van der Waals surface area contributed by atoms with E-state index in [1.54, 1.807) is 0 Å². The second-order valence-corrected chi connectivity index (χ2v) is 9.69. The van der Waals surface area contributed by atoms with Gasteiger partial charge in [0.05, 0.1) is 13.8 Å². The highest BCUT2D eigenvalue weighted by Crippen LogP contribution is 2.59. The van der Waals surface area contributed by atoms with Gasteiger partial charge in [0.1, 0.15) is 12.3 Å². The molecule has 0 N–H and O–H groups in total. The van der Waals surface area contributed by atoms with Crippen LogP contribution in [0.25, 0.3) is 0 Å². The molecule has 5 atom stereocenters. The van der Waals surface area contributed by atoms with Crippen molar-refractivity contribution in [3.8, 4) is 0 Å². The second-order valence-electron chi connectivity index (χ2n) is 9.69. The molecule has 4 aliphatic rings. The quantitative estimate of drug-likeness (QED) is 0.395. The van der Waals surface area contributed by atoms with Gasteiger partial charge in [0, 0.05) is 5.92 Å². The molecule has 146 valence electrons. The molecule has 0 aromatic carbocycles. The fraction of sp³-hybridized carbons (Fsp3) is 1.00. The Bertz CT molecular complexity index is 482. The Labute approximate surface area is 156 Å². The first-order valence-electron chi connectivity index (χ1n) is 10.8. The van der Waals surface area contributed by atoms with E-state index in [2.05, 4.69) is 0 Å². The van der Waals surface area contributed by atoms with Crippen molar-refractivity contribution in [1.82, 2.24) is 0 Å². The van der Waals surface area contributed by atoms with Crippen LogP contribution in [0.1, 0.15) is 70.6 Å². The first-order valence-corrected chi connectivity index (χ1v) is 10.8. The zero-order valence-electron chi connectivity index (χ0n) is 15.6. The monoisotopic (exact) mass is 370 g/mol. The van der Waals surface area contributed by atoms with Crippen molar-refractivity contribution in [2.75, 3.05) is 0 Å². The molecule has 0 amide bonds. The van der Waals surface area contributed by atoms with Crippen LogP contribution >= 0.6 is 0 Å². The number of fused-ring (bicyclic) bond motifs is 1. The summed E-state index contributed by atoms with van der Waals surface area (Å²) in [4.78, 5) is 0. The van der Waals surface area contributed by atoms with E-state index in [-0.39, 0.29) is 18.3 Å². The molecule has 26 heavy (non-hydrogen) atoms. The molecule has 5 unspecified atom stereocenters. The van der Waals surface area contributed by atoms with Gasteiger partial charge in [-0.2, -0.15) is 0 Å². The Morgan fingerprint density at radius 1 is 0.654 bits per heavy atom. The molecule has 0 bridgehead atoms. The van der Waals surface area contributed by atoms with E-state index < -0.39 is 30.1 Å². The highest BCUT2D eigenvalue weighted by Gasteiger charge is 2.64. The minimum Gasteiger partial charge on any atom is -0.244 e. The predicted molar refractivity (Wildman–Crippen MR) is 96.0 cm³/mol. The Balaban J connectivity index is 1.37. The number of rotatable bonds is 2. The van der Waals surface area contributed by atoms with Crippen LogP contribution in [0.4, 0.5) is 17.6 Å². The Morgan fingerprint density at radius 3 is 1.77 bits per heavy atom. The summed E-state index contributed by atoms with van der Waals surface area (Å²) in [6.07, 6.45) is 5.54. The molecule has 0 spiro atoms. The van der Waals surface area contributed by atoms with Gasteiger partial charge in [0.25, 0.3) is 5.92 Å². The van der Waals surface area contributed by atoms with Crippen LogP contribution in [0.5, 0.6) is 0 Å². The topological polar surface area (TPSA) is 0 Å². The van der Waals surface area contributed by atoms with E-state index in [0.29, 0.717) is 30.5 Å². The van der Waals surface area contributed by atoms with E-state index in [4.69, 9.17) is 7.85 Å². The molecule has 0 nitrogen and oxygen atoms in total. The van der Waals surface area contributed by atoms with E-state index in [9.17, 15) is 8.78 Å². The summed E-state index contributed by atoms with van der Waals surface area (Å²) < 4.78 is 58.0. The molecule has 0 aromatic rings. The molecule has 0 aromatic heterocycles. The summed E-state index contributed by atoms with van der Waals surface area (Å²) in [5, 5.41) is 0. The van der Waals surface area contributed by atoms with Gasteiger partial charge in [0.2, 0.25) is 0 Å². The maximum absolute atomic E-state index is 15.0. The molecule has 5 heteroatoms. The summed E-state index contributed by atoms with van der Waals surface area (Å²) >= 11 is 0. The molecule has 2 radical (unpaired) electrons. The molecule has 0 aliphatic heterocycles. The highest BCUT2D eigenvalue weighted by atomic mass is 19.3. The predicted octanol–water partition coefficient (Wildman–Crippen LogP) is 6.30. The lowest BCUT2D eigenvalue weighted by atomic mass is 9.64. The van der Waals surface area contributed by atoms with E-state index in [1.165, 1.54) is 12.8 Å². The van der Waals surface area contributed by atoms with Crippen LogP contribution in [0.3, 0.4) is 0 Å². The molecule has 0 saturated heterocycles. The van der Waals surface area contributed by atoms with Gasteiger partial charge in [-0.1, -0.05) is 31.5 Å². The zero-order valence-corrected chi connectivity index (χ0v) is 15.6. The van der Waals surface area contributed by atoms with Crippen molar-refractivity contribution in [3.05, 3.63) is 0 Å². The Kier molecular flexibility index (Phi) is 5.38. The van der Waals surface area contributed by atoms with E-state index >= 15 is 8.78 Å². The lowest BCUT2D eigenvalue weighted by Gasteiger charge is -2.40. The molecule has 4 rings (SSSR count). The molecular formula is C21H31BF4. The Hall–Kier alpha value is -0.215. The van der Waals surface area contributed by atoms with Crippen molar-refractivity contribution in [2.45, 2.75) is 94.7 Å². The molecule has 4 saturated carbocycles. The third kappa shape index (κ3) is 3.34. The van der Waals surface area contributed by atoms with E-state index in [1.807, 2.05) is 0 Å². The molecule has 0 heterocycles. The van der Waals surface area contributed by atoms with Crippen LogP contribution < -0.4 is 0 Å². The van der Waals surface area contributed by atoms with Gasteiger partial charge in [-0.25, -0.2) is 17.6 Å². The van der Waals surface area contributed by atoms with Crippen molar-refractivity contribution >= 4 is 7.85 Å². The maximum atomic E-state index is 15.0. The average Bonchev–Trinajstić information content (AvgIpc) is 2.90. The van der Waals surface area contributed by atoms with Crippen LogP contribution in [0.2, 0.25) is 5.82 Å². The number of hydrogen-bond acceptors (Lipinski definition) is 0. The van der Waals surface area contributed by atoms with Crippen LogP contribution in [-0.2, 0) is 0 Å². The third-order valence-corrected chi connectivity index (χ3v) is 8.37. The molecule has 4 aliphatic carbocycles. The van der Waals surface area contributed by atoms with Gasteiger partial charge in [-0.3, -0.25) is 0 Å². The first kappa shape index (κ1) is 19.1. The SMILES string of the molecule is [B]C1CCC(C2CCC(C3CC4CCC(F)C(F)C4C3(F)F)CC2)CC1. The summed E-state index contributed by atoms with van der Waals surface area (Å²) in [6, 6.07) is 0. The average molecular weight is 370 g/mol. The van der Waals surface area contributed by atoms with Crippen LogP contribution in [0, 0.1) is 35.5 Å². The summed E-state index contributed by atoms with van der Waals surface area (Å²) in [6.45, 7) is 0. The second kappa shape index (κ2) is 7.31. The molecular weight excluding hydrogens is 339 g/mol. The fourth-order valence-corrected chi connectivity index (χ4v) is 6.86. The minimum absolute atomic E-state index is 0.0111. The van der Waals surface area contributed by atoms with Crippen LogP contribution in [0.15, 0.2) is 0 Å². The number of halogens is 4. The fourth-order valence-electron chi connectivity index (χ4n) is 6.86. The largest absolute Gasteiger partial charge is 0.257 e. The summed E-state index contributed by atoms with van der Waals surface area (Å²) in [5.41, 5.74) is 0. The summed E-state index contributed by atoms with van der Waals surface area (Å²) in [5.74, 6) is -3.78. The number of hydrogen-bond donors (Lipinski definition) is 0. The minimum atomic E-state index is -3.04. The van der Waals surface area contributed by atoms with Crippen molar-refractivity contribution in [2.24, 2.45) is 35.5 Å². The van der Waals surface area contributed by atoms with Gasteiger partial charge in [-0.05, 0) is 68.6 Å². The van der Waals surface area contributed by atoms with Gasteiger partial charge in [-0.15, -0.1) is 0 Å². The third-order valence-electron chi connectivity index (χ3n) is 8.37. The lowest BCUT2D eigenvalue weighted by molar-refractivity contribution is -0.139. The normalized spacial score (nSPS) is 51.8. The van der Waals surface area contributed by atoms with Crippen LogP contribution in [-0.4, -0.2) is 26.1 Å². The smallest absolute Gasteiger partial charge is 0.244 e. The first-order chi connectivity index (χ1) is 12.4. The lowest BCUT2D eigenvalue weighted by Crippen LogP contribution is -2.45. The number of alkyl halides is 4. The van der Waals surface area contributed by atoms with E-state index in [0.717, 1.165) is 38.5 Å². The van der Waals surface area contributed by atoms with Gasteiger partial charge in [0.15, 0.2) is 0 Å². The van der Waals surface area contributed by atoms with Crippen molar-refractivity contribution in [3.63, 3.8) is 0 Å². The van der Waals surface area contributed by atoms with Crippen molar-refractivity contribution < 1.29 is 17.6 Å². The zero-order chi connectivity index (χ0) is 18.5. The maximum Gasteiger partial charge on any atom is 0.257 e. The summed E-state index contributed by atoms with van der Waals surface area (Å²) in [7, 11) is 6.00. The van der Waals surface area contributed by atoms with Gasteiger partial charge < -0.3 is 0 Å². The molecule has 4 fully saturated rings.